The first-order valence-corrected chi connectivity index (χ1v) is 4.44. The highest BCUT2D eigenvalue weighted by atomic mass is 16.5. The van der Waals surface area contributed by atoms with Gasteiger partial charge in [0.25, 0.3) is 0 Å². The topological polar surface area (TPSA) is 47.3 Å². The van der Waals surface area contributed by atoms with Gasteiger partial charge in [-0.25, -0.2) is 0 Å². The highest BCUT2D eigenvalue weighted by Crippen LogP contribution is 2.17. The van der Waals surface area contributed by atoms with Crippen LogP contribution < -0.4 is 11.3 Å². The Labute approximate surface area is 68.3 Å². The van der Waals surface area contributed by atoms with Crippen molar-refractivity contribution >= 4 is 0 Å². The fourth-order valence-electron chi connectivity index (χ4n) is 1.50. The van der Waals surface area contributed by atoms with Crippen LogP contribution in [-0.2, 0) is 4.74 Å². The maximum Gasteiger partial charge on any atom is 0.0591 e. The number of hydrogen-bond acceptors (Lipinski definition) is 3. The molecule has 1 rings (SSSR count). The molecule has 2 atom stereocenters. The Bertz CT molecular complexity index is 98.3. The average Bonchev–Trinajstić information content (AvgIpc) is 2.52. The second-order valence-electron chi connectivity index (χ2n) is 3.14. The summed E-state index contributed by atoms with van der Waals surface area (Å²) in [5.41, 5.74) is 2.80. The lowest BCUT2D eigenvalue weighted by atomic mass is 10.1. The highest BCUT2D eigenvalue weighted by molar-refractivity contribution is 4.72. The van der Waals surface area contributed by atoms with E-state index in [1.165, 1.54) is 12.8 Å². The summed E-state index contributed by atoms with van der Waals surface area (Å²) >= 11 is 0. The summed E-state index contributed by atoms with van der Waals surface area (Å²) in [4.78, 5) is 0. The number of hydrogen-bond donors (Lipinski definition) is 2. The summed E-state index contributed by atoms with van der Waals surface area (Å²) in [6.07, 6.45) is 5.02. The summed E-state index contributed by atoms with van der Waals surface area (Å²) < 4.78 is 5.49. The van der Waals surface area contributed by atoms with Crippen molar-refractivity contribution in [2.24, 2.45) is 5.84 Å². The maximum absolute atomic E-state index is 5.49. The molecule has 0 aromatic carbocycles. The van der Waals surface area contributed by atoms with Crippen LogP contribution in [0.2, 0.25) is 0 Å². The standard InChI is InChI=1S/C8H18N2O/c1-2-7(10-9)6-8-4-3-5-11-8/h7-8,10H,2-6,9H2,1H3. The lowest BCUT2D eigenvalue weighted by Gasteiger charge is -2.17. The molecule has 1 saturated heterocycles. The lowest BCUT2D eigenvalue weighted by Crippen LogP contribution is -2.37. The van der Waals surface area contributed by atoms with Crippen LogP contribution in [0.1, 0.15) is 32.6 Å². The summed E-state index contributed by atoms with van der Waals surface area (Å²) in [5.74, 6) is 5.36. The Morgan fingerprint density at radius 1 is 1.73 bits per heavy atom. The SMILES string of the molecule is CCC(CC1CCCO1)NN. The fourth-order valence-corrected chi connectivity index (χ4v) is 1.50. The van der Waals surface area contributed by atoms with Gasteiger partial charge in [0.2, 0.25) is 0 Å². The largest absolute Gasteiger partial charge is 0.378 e. The van der Waals surface area contributed by atoms with E-state index < -0.39 is 0 Å². The predicted molar refractivity (Wildman–Crippen MR) is 45.0 cm³/mol. The molecule has 0 spiro atoms. The van der Waals surface area contributed by atoms with E-state index in [0.717, 1.165) is 19.4 Å². The van der Waals surface area contributed by atoms with Gasteiger partial charge >= 0.3 is 0 Å². The number of nitrogens with two attached hydrogens (primary N) is 1. The molecule has 1 fully saturated rings. The molecule has 0 aromatic heterocycles. The van der Waals surface area contributed by atoms with Gasteiger partial charge < -0.3 is 4.74 Å². The molecule has 66 valence electrons. The Kier molecular flexibility index (Phi) is 3.83. The summed E-state index contributed by atoms with van der Waals surface area (Å²) in [6, 6.07) is 0.429. The Hall–Kier alpha value is -0.120. The van der Waals surface area contributed by atoms with Crippen molar-refractivity contribution in [3.63, 3.8) is 0 Å². The molecule has 3 nitrogen and oxygen atoms in total. The zero-order valence-electron chi connectivity index (χ0n) is 7.18. The van der Waals surface area contributed by atoms with Crippen LogP contribution in [0.15, 0.2) is 0 Å². The van der Waals surface area contributed by atoms with Crippen LogP contribution in [-0.4, -0.2) is 18.8 Å². The second-order valence-corrected chi connectivity index (χ2v) is 3.14. The molecule has 0 aromatic rings. The molecule has 0 saturated carbocycles. The minimum absolute atomic E-state index is 0.429. The third-order valence-electron chi connectivity index (χ3n) is 2.30. The Morgan fingerprint density at radius 3 is 3.00 bits per heavy atom. The predicted octanol–water partition coefficient (Wildman–Crippen LogP) is 0.797. The summed E-state index contributed by atoms with van der Waals surface area (Å²) in [7, 11) is 0. The molecule has 1 heterocycles. The summed E-state index contributed by atoms with van der Waals surface area (Å²) in [6.45, 7) is 3.07. The van der Waals surface area contributed by atoms with Gasteiger partial charge in [0, 0.05) is 12.6 Å². The van der Waals surface area contributed by atoms with Crippen molar-refractivity contribution in [3.8, 4) is 0 Å². The van der Waals surface area contributed by atoms with Gasteiger partial charge in [0.1, 0.15) is 0 Å². The van der Waals surface area contributed by atoms with Crippen LogP contribution in [0, 0.1) is 0 Å². The van der Waals surface area contributed by atoms with E-state index >= 15 is 0 Å². The first-order valence-electron chi connectivity index (χ1n) is 4.44. The molecular weight excluding hydrogens is 140 g/mol. The van der Waals surface area contributed by atoms with Gasteiger partial charge in [-0.1, -0.05) is 6.92 Å². The van der Waals surface area contributed by atoms with Crippen molar-refractivity contribution in [2.45, 2.75) is 44.8 Å². The van der Waals surface area contributed by atoms with Gasteiger partial charge in [0.05, 0.1) is 6.10 Å². The number of ether oxygens (including phenoxy) is 1. The van der Waals surface area contributed by atoms with Crippen molar-refractivity contribution in [2.75, 3.05) is 6.61 Å². The zero-order valence-corrected chi connectivity index (χ0v) is 7.18. The minimum Gasteiger partial charge on any atom is -0.378 e. The maximum atomic E-state index is 5.49. The highest BCUT2D eigenvalue weighted by Gasteiger charge is 2.18. The Morgan fingerprint density at radius 2 is 2.55 bits per heavy atom. The summed E-state index contributed by atoms with van der Waals surface area (Å²) in [5, 5.41) is 0. The van der Waals surface area contributed by atoms with Crippen LogP contribution in [0.3, 0.4) is 0 Å². The molecular formula is C8H18N2O. The molecule has 0 radical (unpaired) electrons. The van der Waals surface area contributed by atoms with E-state index in [0.29, 0.717) is 12.1 Å². The third-order valence-corrected chi connectivity index (χ3v) is 2.30. The van der Waals surface area contributed by atoms with Gasteiger partial charge in [-0.3, -0.25) is 11.3 Å². The lowest BCUT2D eigenvalue weighted by molar-refractivity contribution is 0.0941. The normalized spacial score (nSPS) is 27.3. The van der Waals surface area contributed by atoms with E-state index in [1.807, 2.05) is 0 Å². The molecule has 2 unspecified atom stereocenters. The molecule has 0 amide bonds. The number of nitrogens with one attached hydrogen (secondary N) is 1. The molecule has 1 aliphatic heterocycles. The van der Waals surface area contributed by atoms with E-state index in [1.54, 1.807) is 0 Å². The van der Waals surface area contributed by atoms with Gasteiger partial charge in [-0.15, -0.1) is 0 Å². The molecule has 11 heavy (non-hydrogen) atoms. The minimum atomic E-state index is 0.429. The molecule has 3 heteroatoms. The van der Waals surface area contributed by atoms with Crippen LogP contribution in [0.4, 0.5) is 0 Å². The van der Waals surface area contributed by atoms with Crippen molar-refractivity contribution < 1.29 is 4.74 Å². The molecule has 0 aliphatic carbocycles. The third kappa shape index (κ3) is 2.77. The van der Waals surface area contributed by atoms with Crippen LogP contribution in [0.25, 0.3) is 0 Å². The quantitative estimate of drug-likeness (QED) is 0.470. The monoisotopic (exact) mass is 158 g/mol. The van der Waals surface area contributed by atoms with E-state index in [9.17, 15) is 0 Å². The smallest absolute Gasteiger partial charge is 0.0591 e. The number of hydrazine groups is 1. The average molecular weight is 158 g/mol. The molecule has 0 bridgehead atoms. The van der Waals surface area contributed by atoms with E-state index in [4.69, 9.17) is 10.6 Å². The fraction of sp³-hybridized carbons (Fsp3) is 1.00. The first kappa shape index (κ1) is 8.97. The van der Waals surface area contributed by atoms with Gasteiger partial charge in [0.15, 0.2) is 0 Å². The van der Waals surface area contributed by atoms with Crippen LogP contribution in [0.5, 0.6) is 0 Å². The van der Waals surface area contributed by atoms with Crippen molar-refractivity contribution in [1.82, 2.24) is 5.43 Å². The zero-order chi connectivity index (χ0) is 8.10. The van der Waals surface area contributed by atoms with E-state index in [-0.39, 0.29) is 0 Å². The van der Waals surface area contributed by atoms with E-state index in [2.05, 4.69) is 12.3 Å². The molecule has 3 N–H and O–H groups in total. The first-order chi connectivity index (χ1) is 5.36. The second kappa shape index (κ2) is 4.70. The van der Waals surface area contributed by atoms with Gasteiger partial charge in [-0.05, 0) is 25.7 Å². The molecule has 1 aliphatic rings. The van der Waals surface area contributed by atoms with Crippen molar-refractivity contribution in [1.29, 1.82) is 0 Å². The van der Waals surface area contributed by atoms with Gasteiger partial charge in [-0.2, -0.15) is 0 Å². The number of rotatable bonds is 4. The Balaban J connectivity index is 2.16. The van der Waals surface area contributed by atoms with Crippen molar-refractivity contribution in [3.05, 3.63) is 0 Å². The van der Waals surface area contributed by atoms with Crippen LogP contribution >= 0.6 is 0 Å².